The molecule has 1 aliphatic rings. The fraction of sp³-hybridized carbons (Fsp3) is 0.300. The van der Waals surface area contributed by atoms with E-state index < -0.39 is 0 Å². The molecule has 0 saturated heterocycles. The smallest absolute Gasteiger partial charge is 0.316 e. The maximum absolute atomic E-state index is 9.58. The van der Waals surface area contributed by atoms with Crippen molar-refractivity contribution >= 4 is 22.8 Å². The van der Waals surface area contributed by atoms with Gasteiger partial charge in [0.25, 0.3) is 0 Å². The summed E-state index contributed by atoms with van der Waals surface area (Å²) in [4.78, 5) is 3.35. The molecule has 72 valence electrons. The number of thioether (sulfide) groups is 1. The second-order valence-corrected chi connectivity index (χ2v) is 4.53. The van der Waals surface area contributed by atoms with Crippen LogP contribution in [-0.4, -0.2) is 21.9 Å². The van der Waals surface area contributed by atoms with Crippen LogP contribution in [0.25, 0.3) is 11.0 Å². The van der Waals surface area contributed by atoms with Crippen molar-refractivity contribution < 1.29 is 9.67 Å². The highest BCUT2D eigenvalue weighted by atomic mass is 32.2. The highest BCUT2D eigenvalue weighted by molar-refractivity contribution is 7.99. The first kappa shape index (κ1) is 8.32. The average Bonchev–Trinajstić information content (AvgIpc) is 2.56. The molecule has 0 bridgehead atoms. The van der Waals surface area contributed by atoms with Gasteiger partial charge in [-0.3, -0.25) is 0 Å². The number of aliphatic hydroxyl groups is 1. The Kier molecular flexibility index (Phi) is 1.78. The van der Waals surface area contributed by atoms with E-state index >= 15 is 0 Å². The lowest BCUT2D eigenvalue weighted by Crippen LogP contribution is -2.45. The number of aromatic amines is 1. The number of nitrogens with zero attached hydrogens (tertiary/aromatic N) is 1. The van der Waals surface area contributed by atoms with Gasteiger partial charge in [0.1, 0.15) is 12.6 Å². The van der Waals surface area contributed by atoms with Crippen LogP contribution in [0.2, 0.25) is 0 Å². The molecule has 14 heavy (non-hydrogen) atoms. The van der Waals surface area contributed by atoms with Gasteiger partial charge in [0, 0.05) is 5.75 Å². The van der Waals surface area contributed by atoms with Crippen molar-refractivity contribution in [1.82, 2.24) is 4.98 Å². The number of hydrogen-bond acceptors (Lipinski definition) is 2. The Labute approximate surface area is 85.8 Å². The predicted molar refractivity (Wildman–Crippen MR) is 55.2 cm³/mol. The van der Waals surface area contributed by atoms with Gasteiger partial charge in [0.15, 0.2) is 11.0 Å². The Morgan fingerprint density at radius 2 is 2.29 bits per heavy atom. The zero-order chi connectivity index (χ0) is 9.54. The van der Waals surface area contributed by atoms with E-state index in [1.165, 1.54) is 5.52 Å². The Bertz CT molecular complexity index is 480. The zero-order valence-electron chi connectivity index (χ0n) is 7.60. The number of nitrogens with one attached hydrogen (secondary N) is 1. The van der Waals surface area contributed by atoms with Crippen LogP contribution in [0.3, 0.4) is 0 Å². The molecule has 2 heterocycles. The molecule has 0 radical (unpaired) electrons. The van der Waals surface area contributed by atoms with Gasteiger partial charge in [-0.05, 0) is 23.9 Å². The van der Waals surface area contributed by atoms with E-state index in [9.17, 15) is 5.11 Å². The summed E-state index contributed by atoms with van der Waals surface area (Å²) in [5, 5.41) is 10.7. The number of fused-ring (bicyclic) bond motifs is 3. The summed E-state index contributed by atoms with van der Waals surface area (Å²) >= 11 is 1.68. The molecule has 1 unspecified atom stereocenters. The van der Waals surface area contributed by atoms with E-state index in [0.29, 0.717) is 6.54 Å². The Balaban J connectivity index is 2.25. The van der Waals surface area contributed by atoms with Gasteiger partial charge in [-0.25, -0.2) is 9.55 Å². The molecule has 0 spiro atoms. The monoisotopic (exact) mass is 207 g/mol. The number of para-hydroxylation sites is 2. The fourth-order valence-corrected chi connectivity index (χ4v) is 2.81. The van der Waals surface area contributed by atoms with E-state index in [-0.39, 0.29) is 6.10 Å². The van der Waals surface area contributed by atoms with E-state index in [2.05, 4.69) is 21.7 Å². The molecule has 2 N–H and O–H groups in total. The third-order valence-electron chi connectivity index (χ3n) is 2.49. The maximum Gasteiger partial charge on any atom is 0.316 e. The maximum atomic E-state index is 9.58. The summed E-state index contributed by atoms with van der Waals surface area (Å²) < 4.78 is 2.15. The lowest BCUT2D eigenvalue weighted by Gasteiger charge is -2.12. The molecule has 0 saturated carbocycles. The van der Waals surface area contributed by atoms with Crippen molar-refractivity contribution in [2.75, 3.05) is 5.75 Å². The third kappa shape index (κ3) is 1.14. The first-order valence-electron chi connectivity index (χ1n) is 4.66. The second kappa shape index (κ2) is 3.00. The lowest BCUT2D eigenvalue weighted by molar-refractivity contribution is -0.716. The molecule has 1 aromatic carbocycles. The number of aromatic nitrogens is 2. The van der Waals surface area contributed by atoms with Crippen LogP contribution in [0.5, 0.6) is 0 Å². The molecule has 0 amide bonds. The van der Waals surface area contributed by atoms with Crippen molar-refractivity contribution in [1.29, 1.82) is 0 Å². The normalized spacial score (nSPS) is 21.1. The van der Waals surface area contributed by atoms with Crippen LogP contribution < -0.4 is 4.57 Å². The molecule has 1 atom stereocenters. The molecule has 3 rings (SSSR count). The van der Waals surface area contributed by atoms with Crippen LogP contribution in [0.1, 0.15) is 0 Å². The number of benzene rings is 1. The predicted octanol–water partition coefficient (Wildman–Crippen LogP) is 0.922. The number of H-pyrrole nitrogens is 1. The van der Waals surface area contributed by atoms with Gasteiger partial charge in [-0.2, -0.15) is 0 Å². The summed E-state index contributed by atoms with van der Waals surface area (Å²) in [6.45, 7) is 0.701. The van der Waals surface area contributed by atoms with Crippen LogP contribution in [0, 0.1) is 0 Å². The quantitative estimate of drug-likeness (QED) is 0.631. The van der Waals surface area contributed by atoms with E-state index in [0.717, 1.165) is 16.4 Å². The summed E-state index contributed by atoms with van der Waals surface area (Å²) in [6.07, 6.45) is -0.225. The Hall–Kier alpha value is -1.00. The average molecular weight is 207 g/mol. The summed E-state index contributed by atoms with van der Waals surface area (Å²) in [5.74, 6) is 0.785. The summed E-state index contributed by atoms with van der Waals surface area (Å²) in [7, 11) is 0. The zero-order valence-corrected chi connectivity index (χ0v) is 8.42. The van der Waals surface area contributed by atoms with E-state index in [1.807, 2.05) is 12.1 Å². The molecule has 3 nitrogen and oxygen atoms in total. The van der Waals surface area contributed by atoms with Crippen molar-refractivity contribution in [3.8, 4) is 0 Å². The van der Waals surface area contributed by atoms with Crippen molar-refractivity contribution in [3.63, 3.8) is 0 Å². The first-order valence-corrected chi connectivity index (χ1v) is 5.64. The topological polar surface area (TPSA) is 39.9 Å². The van der Waals surface area contributed by atoms with Crippen molar-refractivity contribution in [3.05, 3.63) is 24.3 Å². The molecular weight excluding hydrogens is 196 g/mol. The van der Waals surface area contributed by atoms with E-state index in [4.69, 9.17) is 0 Å². The first-order chi connectivity index (χ1) is 6.84. The van der Waals surface area contributed by atoms with Gasteiger partial charge >= 0.3 is 5.16 Å². The van der Waals surface area contributed by atoms with Gasteiger partial charge in [-0.15, -0.1) is 0 Å². The highest BCUT2D eigenvalue weighted by Crippen LogP contribution is 2.22. The molecule has 4 heteroatoms. The molecule has 0 aliphatic carbocycles. The Morgan fingerprint density at radius 1 is 1.43 bits per heavy atom. The molecule has 1 aliphatic heterocycles. The number of rotatable bonds is 0. The fourth-order valence-electron chi connectivity index (χ4n) is 1.84. The van der Waals surface area contributed by atoms with Crippen LogP contribution in [0.15, 0.2) is 29.4 Å². The molecular formula is C10H11N2OS+. The van der Waals surface area contributed by atoms with Crippen LogP contribution in [0.4, 0.5) is 0 Å². The lowest BCUT2D eigenvalue weighted by atomic mass is 10.3. The second-order valence-electron chi connectivity index (χ2n) is 3.52. The summed E-state index contributed by atoms with van der Waals surface area (Å²) in [6, 6.07) is 8.18. The SMILES string of the molecule is OC1CSc2[nH]c3ccccc3[n+]2C1. The number of hydrogen-bond donors (Lipinski definition) is 2. The highest BCUT2D eigenvalue weighted by Gasteiger charge is 2.26. The Morgan fingerprint density at radius 3 is 3.21 bits per heavy atom. The standard InChI is InChI=1S/C10H10N2OS/c13-7-5-12-9-4-2-1-3-8(9)11-10(12)14-6-7/h1-4,7,13H,5-6H2/p+1. The van der Waals surface area contributed by atoms with Crippen molar-refractivity contribution in [2.24, 2.45) is 0 Å². The minimum Gasteiger partial charge on any atom is -0.388 e. The van der Waals surface area contributed by atoms with Crippen LogP contribution >= 0.6 is 11.8 Å². The minimum atomic E-state index is -0.225. The van der Waals surface area contributed by atoms with Crippen LogP contribution in [-0.2, 0) is 6.54 Å². The summed E-state index contributed by atoms with van der Waals surface area (Å²) in [5.41, 5.74) is 2.32. The number of imidazole rings is 1. The van der Waals surface area contributed by atoms with Gasteiger partial charge in [0.2, 0.25) is 0 Å². The third-order valence-corrected chi connectivity index (χ3v) is 3.63. The largest absolute Gasteiger partial charge is 0.388 e. The molecule has 2 aromatic rings. The van der Waals surface area contributed by atoms with Gasteiger partial charge in [-0.1, -0.05) is 12.1 Å². The minimum absolute atomic E-state index is 0.225. The van der Waals surface area contributed by atoms with E-state index in [1.54, 1.807) is 11.8 Å². The van der Waals surface area contributed by atoms with Crippen molar-refractivity contribution in [2.45, 2.75) is 17.8 Å². The van der Waals surface area contributed by atoms with Gasteiger partial charge in [0.05, 0.1) is 0 Å². The van der Waals surface area contributed by atoms with Gasteiger partial charge < -0.3 is 5.11 Å². The molecule has 1 aromatic heterocycles. The number of aliphatic hydroxyl groups excluding tert-OH is 1. The molecule has 0 fully saturated rings.